The van der Waals surface area contributed by atoms with Crippen LogP contribution in [0.25, 0.3) is 0 Å². The van der Waals surface area contributed by atoms with Crippen LogP contribution in [0.3, 0.4) is 0 Å². The van der Waals surface area contributed by atoms with Gasteiger partial charge in [0.1, 0.15) is 0 Å². The van der Waals surface area contributed by atoms with E-state index in [4.69, 9.17) is 5.73 Å². The molecule has 0 saturated heterocycles. The Hall–Kier alpha value is -0.0900. The van der Waals surface area contributed by atoms with Crippen LogP contribution in [0.5, 0.6) is 5.75 Å². The number of halogens is 5. The summed E-state index contributed by atoms with van der Waals surface area (Å²) in [5, 5.41) is 0. The summed E-state index contributed by atoms with van der Waals surface area (Å²) in [5.41, 5.74) is 5.31. The topological polar surface area (TPSA) is 48.1 Å². The normalized spacial score (nSPS) is 11.6. The summed E-state index contributed by atoms with van der Waals surface area (Å²) >= 11 is 4.83. The summed E-state index contributed by atoms with van der Waals surface area (Å²) in [6.07, 6.45) is -3.34. The van der Waals surface area contributed by atoms with Crippen molar-refractivity contribution in [3.05, 3.63) is 19.9 Å². The van der Waals surface area contributed by atoms with Crippen LogP contribution < -0.4 is 10.5 Å². The van der Waals surface area contributed by atoms with Gasteiger partial charge < -0.3 is 10.5 Å². The van der Waals surface area contributed by atoms with Gasteiger partial charge in [-0.3, -0.25) is 4.98 Å². The number of nitrogens with two attached hydrogens (primary N) is 1. The molecule has 0 radical (unpaired) electrons. The molecule has 1 rings (SSSR count). The lowest BCUT2D eigenvalue weighted by Crippen LogP contribution is -2.20. The molecule has 0 unspecified atom stereocenters. The Bertz CT molecular complexity index is 372. The first-order chi connectivity index (χ1) is 6.85. The number of hydrogen-bond donors (Lipinski definition) is 1. The van der Waals surface area contributed by atoms with Gasteiger partial charge in [-0.05, 0) is 38.5 Å². The third kappa shape index (κ3) is 3.45. The standard InChI is InChI=1S/C7H5BrF3IN2O/c8-5-3(12)2-14-4(1-13)6(5)15-7(9,10)11/h2H,1,13H2. The van der Waals surface area contributed by atoms with Gasteiger partial charge in [-0.2, -0.15) is 0 Å². The van der Waals surface area contributed by atoms with Crippen LogP contribution in [0, 0.1) is 3.57 Å². The third-order valence-electron chi connectivity index (χ3n) is 1.42. The molecule has 84 valence electrons. The Morgan fingerprint density at radius 3 is 2.60 bits per heavy atom. The second-order valence-corrected chi connectivity index (χ2v) is 4.40. The molecule has 0 spiro atoms. The number of rotatable bonds is 2. The highest BCUT2D eigenvalue weighted by Crippen LogP contribution is 2.35. The van der Waals surface area contributed by atoms with E-state index in [1.807, 2.05) is 22.6 Å². The predicted molar refractivity (Wildman–Crippen MR) is 59.2 cm³/mol. The van der Waals surface area contributed by atoms with E-state index in [-0.39, 0.29) is 22.5 Å². The van der Waals surface area contributed by atoms with E-state index in [0.717, 1.165) is 0 Å². The fourth-order valence-corrected chi connectivity index (χ4v) is 1.65. The maximum Gasteiger partial charge on any atom is 0.573 e. The number of alkyl halides is 3. The third-order valence-corrected chi connectivity index (χ3v) is 3.76. The lowest BCUT2D eigenvalue weighted by Gasteiger charge is -2.13. The highest BCUT2D eigenvalue weighted by atomic mass is 127. The van der Waals surface area contributed by atoms with Crippen LogP contribution >= 0.6 is 38.5 Å². The summed E-state index contributed by atoms with van der Waals surface area (Å²) < 4.78 is 40.7. The predicted octanol–water partition coefficient (Wildman–Crippen LogP) is 2.81. The van der Waals surface area contributed by atoms with Crippen molar-refractivity contribution in [1.29, 1.82) is 0 Å². The Labute approximate surface area is 105 Å². The molecule has 0 amide bonds. The van der Waals surface area contributed by atoms with E-state index in [1.165, 1.54) is 6.20 Å². The maximum atomic E-state index is 12.1. The Kier molecular flexibility index (Phi) is 4.18. The molecule has 0 saturated carbocycles. The van der Waals surface area contributed by atoms with Gasteiger partial charge >= 0.3 is 6.36 Å². The van der Waals surface area contributed by atoms with Crippen molar-refractivity contribution in [2.75, 3.05) is 0 Å². The first-order valence-corrected chi connectivity index (χ1v) is 5.51. The molecular weight excluding hydrogens is 392 g/mol. The minimum Gasteiger partial charge on any atom is -0.403 e. The average molecular weight is 397 g/mol. The van der Waals surface area contributed by atoms with Gasteiger partial charge in [0.2, 0.25) is 0 Å². The number of aromatic nitrogens is 1. The Balaban J connectivity index is 3.18. The summed E-state index contributed by atoms with van der Waals surface area (Å²) in [6.45, 7) is -0.124. The van der Waals surface area contributed by atoms with E-state index in [9.17, 15) is 13.2 Å². The van der Waals surface area contributed by atoms with Gasteiger partial charge in [0.25, 0.3) is 0 Å². The van der Waals surface area contributed by atoms with Crippen molar-refractivity contribution in [3.8, 4) is 5.75 Å². The molecule has 15 heavy (non-hydrogen) atoms. The number of hydrogen-bond acceptors (Lipinski definition) is 3. The van der Waals surface area contributed by atoms with E-state index < -0.39 is 6.36 Å². The van der Waals surface area contributed by atoms with Crippen LogP contribution in [-0.4, -0.2) is 11.3 Å². The second-order valence-electron chi connectivity index (χ2n) is 2.45. The number of ether oxygens (including phenoxy) is 1. The first kappa shape index (κ1) is 13.0. The average Bonchev–Trinajstić information content (AvgIpc) is 2.11. The highest BCUT2D eigenvalue weighted by Gasteiger charge is 2.33. The molecular formula is C7H5BrF3IN2O. The van der Waals surface area contributed by atoms with Crippen LogP contribution in [0.2, 0.25) is 0 Å². The molecule has 0 fully saturated rings. The molecule has 8 heteroatoms. The smallest absolute Gasteiger partial charge is 0.403 e. The van der Waals surface area contributed by atoms with Gasteiger partial charge in [0, 0.05) is 16.3 Å². The van der Waals surface area contributed by atoms with Crippen LogP contribution in [0.1, 0.15) is 5.69 Å². The fourth-order valence-electron chi connectivity index (χ4n) is 0.850. The number of pyridine rings is 1. The van der Waals surface area contributed by atoms with Crippen LogP contribution in [-0.2, 0) is 6.54 Å². The first-order valence-electron chi connectivity index (χ1n) is 3.64. The van der Waals surface area contributed by atoms with Crippen molar-refractivity contribution >= 4 is 38.5 Å². The highest BCUT2D eigenvalue weighted by molar-refractivity contribution is 14.1. The van der Waals surface area contributed by atoms with Crippen LogP contribution in [0.15, 0.2) is 10.7 Å². The SMILES string of the molecule is NCc1ncc(I)c(Br)c1OC(F)(F)F. The van der Waals surface area contributed by atoms with E-state index in [0.29, 0.717) is 3.57 Å². The van der Waals surface area contributed by atoms with Crippen LogP contribution in [0.4, 0.5) is 13.2 Å². The van der Waals surface area contributed by atoms with Crippen molar-refractivity contribution in [3.63, 3.8) is 0 Å². The van der Waals surface area contributed by atoms with E-state index in [1.54, 1.807) is 0 Å². The summed E-state index contributed by atoms with van der Waals surface area (Å²) in [6, 6.07) is 0. The molecule has 3 nitrogen and oxygen atoms in total. The molecule has 0 aliphatic heterocycles. The van der Waals surface area contributed by atoms with Gasteiger partial charge in [0.05, 0.1) is 10.2 Å². The van der Waals surface area contributed by atoms with Crippen molar-refractivity contribution < 1.29 is 17.9 Å². The van der Waals surface area contributed by atoms with Gasteiger partial charge in [0.15, 0.2) is 5.75 Å². The number of nitrogens with zero attached hydrogens (tertiary/aromatic N) is 1. The molecule has 0 aromatic carbocycles. The molecule has 0 atom stereocenters. The largest absolute Gasteiger partial charge is 0.573 e. The molecule has 0 bridgehead atoms. The zero-order valence-electron chi connectivity index (χ0n) is 7.11. The summed E-state index contributed by atoms with van der Waals surface area (Å²) in [4.78, 5) is 3.75. The molecule has 1 aromatic rings. The Morgan fingerprint density at radius 1 is 1.53 bits per heavy atom. The van der Waals surface area contributed by atoms with Gasteiger partial charge in [-0.15, -0.1) is 13.2 Å². The van der Waals surface area contributed by atoms with Crippen molar-refractivity contribution in [1.82, 2.24) is 4.98 Å². The lowest BCUT2D eigenvalue weighted by molar-refractivity contribution is -0.275. The monoisotopic (exact) mass is 396 g/mol. The quantitative estimate of drug-likeness (QED) is 0.782. The van der Waals surface area contributed by atoms with E-state index >= 15 is 0 Å². The second kappa shape index (κ2) is 4.83. The summed E-state index contributed by atoms with van der Waals surface area (Å²) in [5.74, 6) is -0.378. The summed E-state index contributed by atoms with van der Waals surface area (Å²) in [7, 11) is 0. The lowest BCUT2D eigenvalue weighted by atomic mass is 10.3. The van der Waals surface area contributed by atoms with Crippen molar-refractivity contribution in [2.24, 2.45) is 5.73 Å². The zero-order valence-corrected chi connectivity index (χ0v) is 10.9. The van der Waals surface area contributed by atoms with E-state index in [2.05, 4.69) is 25.7 Å². The Morgan fingerprint density at radius 2 is 2.13 bits per heavy atom. The van der Waals surface area contributed by atoms with Gasteiger partial charge in [-0.1, -0.05) is 0 Å². The minimum atomic E-state index is -4.75. The van der Waals surface area contributed by atoms with Gasteiger partial charge in [-0.25, -0.2) is 0 Å². The molecule has 1 aromatic heterocycles. The maximum absolute atomic E-state index is 12.1. The fraction of sp³-hybridized carbons (Fsp3) is 0.286. The molecule has 1 heterocycles. The molecule has 2 N–H and O–H groups in total. The zero-order chi connectivity index (χ0) is 11.6. The molecule has 0 aliphatic carbocycles. The molecule has 0 aliphatic rings. The van der Waals surface area contributed by atoms with Crippen molar-refractivity contribution in [2.45, 2.75) is 12.9 Å². The minimum absolute atomic E-state index is 0.0552.